The maximum Gasteiger partial charge on any atom is 0.227 e. The first-order chi connectivity index (χ1) is 16.1. The molecule has 0 radical (unpaired) electrons. The Bertz CT molecular complexity index is 1330. The number of hydrogen-bond donors (Lipinski definition) is 0. The molecule has 0 saturated carbocycles. The van der Waals surface area contributed by atoms with Crippen LogP contribution in [0.5, 0.6) is 11.5 Å². The zero-order valence-corrected chi connectivity index (χ0v) is 19.2. The normalized spacial score (nSPS) is 15.9. The van der Waals surface area contributed by atoms with Crippen molar-refractivity contribution < 1.29 is 14.3 Å². The highest BCUT2D eigenvalue weighted by molar-refractivity contribution is 6.31. The number of nitrogens with zero attached hydrogens (tertiary/aromatic N) is 3. The lowest BCUT2D eigenvalue weighted by Gasteiger charge is -2.20. The largest absolute Gasteiger partial charge is 0.496 e. The molecular formula is C26H24ClN3O3. The number of methoxy groups -OCH3 is 2. The molecule has 1 atom stereocenters. The zero-order valence-electron chi connectivity index (χ0n) is 18.5. The predicted octanol–water partition coefficient (Wildman–Crippen LogP) is 5.28. The lowest BCUT2D eigenvalue weighted by molar-refractivity contribution is -0.117. The van der Waals surface area contributed by atoms with Gasteiger partial charge in [-0.2, -0.15) is 0 Å². The van der Waals surface area contributed by atoms with Crippen molar-refractivity contribution in [1.82, 2.24) is 9.55 Å². The fraction of sp³-hybridized carbons (Fsp3) is 0.231. The summed E-state index contributed by atoms with van der Waals surface area (Å²) < 4.78 is 13.3. The van der Waals surface area contributed by atoms with E-state index in [0.717, 1.165) is 28.2 Å². The van der Waals surface area contributed by atoms with Gasteiger partial charge in [-0.25, -0.2) is 4.98 Å². The third-order valence-corrected chi connectivity index (χ3v) is 6.36. The van der Waals surface area contributed by atoms with Gasteiger partial charge in [0, 0.05) is 29.5 Å². The topological polar surface area (TPSA) is 56.6 Å². The minimum absolute atomic E-state index is 0.0245. The first kappa shape index (κ1) is 21.3. The number of carbonyl (C=O) groups is 1. The van der Waals surface area contributed by atoms with E-state index in [9.17, 15) is 4.79 Å². The van der Waals surface area contributed by atoms with Crippen LogP contribution in [0.1, 0.15) is 23.7 Å². The van der Waals surface area contributed by atoms with E-state index in [4.69, 9.17) is 26.1 Å². The van der Waals surface area contributed by atoms with Gasteiger partial charge in [0.15, 0.2) is 0 Å². The number of benzene rings is 3. The molecule has 0 aliphatic carbocycles. The third kappa shape index (κ3) is 3.91. The molecule has 0 spiro atoms. The molecular weight excluding hydrogens is 438 g/mol. The minimum Gasteiger partial charge on any atom is -0.496 e. The molecule has 7 heteroatoms. The Hall–Kier alpha value is -3.51. The summed E-state index contributed by atoms with van der Waals surface area (Å²) >= 11 is 6.23. The van der Waals surface area contributed by atoms with E-state index >= 15 is 0 Å². The van der Waals surface area contributed by atoms with Gasteiger partial charge in [-0.15, -0.1) is 0 Å². The molecule has 3 aromatic carbocycles. The molecule has 4 aromatic rings. The molecule has 2 heterocycles. The molecule has 6 nitrogen and oxygen atoms in total. The maximum atomic E-state index is 13.1. The Balaban J connectivity index is 1.55. The van der Waals surface area contributed by atoms with E-state index in [2.05, 4.69) is 16.7 Å². The number of halogens is 1. The van der Waals surface area contributed by atoms with Gasteiger partial charge in [0.2, 0.25) is 5.91 Å². The third-order valence-electron chi connectivity index (χ3n) is 6.13. The number of imidazole rings is 1. The summed E-state index contributed by atoms with van der Waals surface area (Å²) in [5, 5.41) is 0.561. The van der Waals surface area contributed by atoms with Crippen LogP contribution in [-0.4, -0.2) is 36.2 Å². The van der Waals surface area contributed by atoms with Crippen molar-refractivity contribution in [2.45, 2.75) is 18.9 Å². The van der Waals surface area contributed by atoms with Crippen molar-refractivity contribution in [2.75, 3.05) is 25.7 Å². The number of anilines is 1. The van der Waals surface area contributed by atoms with Crippen molar-refractivity contribution >= 4 is 34.2 Å². The number of amides is 1. The Morgan fingerprint density at radius 1 is 1.00 bits per heavy atom. The van der Waals surface area contributed by atoms with E-state index in [1.165, 1.54) is 0 Å². The molecule has 0 bridgehead atoms. The molecule has 1 fully saturated rings. The highest BCUT2D eigenvalue weighted by Crippen LogP contribution is 2.38. The average Bonchev–Trinajstić information content (AvgIpc) is 3.40. The van der Waals surface area contributed by atoms with Crippen LogP contribution < -0.4 is 14.4 Å². The molecule has 5 rings (SSSR count). The molecule has 1 saturated heterocycles. The van der Waals surface area contributed by atoms with Crippen LogP contribution >= 0.6 is 11.6 Å². The van der Waals surface area contributed by atoms with Gasteiger partial charge >= 0.3 is 0 Å². The van der Waals surface area contributed by atoms with Gasteiger partial charge in [0.1, 0.15) is 17.3 Å². The molecule has 0 N–H and O–H groups in total. The number of aromatic nitrogens is 2. The van der Waals surface area contributed by atoms with Crippen molar-refractivity contribution in [3.05, 3.63) is 83.1 Å². The number of ether oxygens (including phenoxy) is 2. The standard InChI is InChI=1S/C26H24ClN3O3/c1-32-23-10-6-3-7-17(23)15-30-21-9-5-4-8-20(21)28-26(30)18-13-25(31)29(16-18)22-14-19(27)11-12-24(22)33-2/h3-12,14,18H,13,15-16H2,1-2H3/t18-/m0/s1. The minimum atomic E-state index is -0.0664. The molecule has 1 aliphatic rings. The van der Waals surface area contributed by atoms with E-state index < -0.39 is 0 Å². The number of para-hydroxylation sites is 3. The first-order valence-corrected chi connectivity index (χ1v) is 11.2. The fourth-order valence-corrected chi connectivity index (χ4v) is 4.73. The van der Waals surface area contributed by atoms with Crippen LogP contribution in [0, 0.1) is 0 Å². The predicted molar refractivity (Wildman–Crippen MR) is 130 cm³/mol. The smallest absolute Gasteiger partial charge is 0.227 e. The Morgan fingerprint density at radius 3 is 2.58 bits per heavy atom. The lowest BCUT2D eigenvalue weighted by atomic mass is 10.1. The van der Waals surface area contributed by atoms with Crippen LogP contribution in [0.2, 0.25) is 5.02 Å². The Labute approximate surface area is 197 Å². The summed E-state index contributed by atoms with van der Waals surface area (Å²) in [6, 6.07) is 21.4. The van der Waals surface area contributed by atoms with Crippen molar-refractivity contribution in [2.24, 2.45) is 0 Å². The number of hydrogen-bond acceptors (Lipinski definition) is 4. The molecule has 33 heavy (non-hydrogen) atoms. The molecule has 1 aliphatic heterocycles. The van der Waals surface area contributed by atoms with Gasteiger partial charge in [0.05, 0.1) is 37.5 Å². The number of carbonyl (C=O) groups excluding carboxylic acids is 1. The SMILES string of the molecule is COc1ccccc1Cn1c([C@H]2CC(=O)N(c3cc(Cl)ccc3OC)C2)nc2ccccc21. The second kappa shape index (κ2) is 8.79. The van der Waals surface area contributed by atoms with Gasteiger partial charge in [-0.3, -0.25) is 4.79 Å². The van der Waals surface area contributed by atoms with Gasteiger partial charge in [-0.05, 0) is 36.4 Å². The fourth-order valence-electron chi connectivity index (χ4n) is 4.56. The average molecular weight is 462 g/mol. The molecule has 1 amide bonds. The summed E-state index contributed by atoms with van der Waals surface area (Å²) in [5.41, 5.74) is 3.69. The second-order valence-electron chi connectivity index (χ2n) is 8.08. The molecule has 0 unspecified atom stereocenters. The van der Waals surface area contributed by atoms with Crippen molar-refractivity contribution in [3.8, 4) is 11.5 Å². The quantitative estimate of drug-likeness (QED) is 0.392. The summed E-state index contributed by atoms with van der Waals surface area (Å²) in [7, 11) is 3.27. The van der Waals surface area contributed by atoms with Crippen LogP contribution in [0.25, 0.3) is 11.0 Å². The van der Waals surface area contributed by atoms with Gasteiger partial charge in [-0.1, -0.05) is 41.9 Å². The Morgan fingerprint density at radius 2 is 1.76 bits per heavy atom. The van der Waals surface area contributed by atoms with E-state index in [1.807, 2.05) is 36.4 Å². The summed E-state index contributed by atoms with van der Waals surface area (Å²) in [6.07, 6.45) is 0.366. The first-order valence-electron chi connectivity index (χ1n) is 10.8. The second-order valence-corrected chi connectivity index (χ2v) is 8.51. The monoisotopic (exact) mass is 461 g/mol. The number of rotatable bonds is 6. The van der Waals surface area contributed by atoms with Crippen molar-refractivity contribution in [3.63, 3.8) is 0 Å². The van der Waals surface area contributed by atoms with E-state index in [-0.39, 0.29) is 11.8 Å². The van der Waals surface area contributed by atoms with E-state index in [1.54, 1.807) is 37.3 Å². The summed E-state index contributed by atoms with van der Waals surface area (Å²) in [5.74, 6) is 2.30. The maximum absolute atomic E-state index is 13.1. The van der Waals surface area contributed by atoms with Crippen LogP contribution in [-0.2, 0) is 11.3 Å². The van der Waals surface area contributed by atoms with Crippen LogP contribution in [0.3, 0.4) is 0 Å². The van der Waals surface area contributed by atoms with E-state index in [0.29, 0.717) is 36.0 Å². The lowest BCUT2D eigenvalue weighted by Crippen LogP contribution is -2.25. The summed E-state index contributed by atoms with van der Waals surface area (Å²) in [4.78, 5) is 19.8. The molecule has 168 valence electrons. The van der Waals surface area contributed by atoms with Gasteiger partial charge in [0.25, 0.3) is 0 Å². The van der Waals surface area contributed by atoms with Crippen LogP contribution in [0.15, 0.2) is 66.7 Å². The Kier molecular flexibility index (Phi) is 5.68. The molecule has 1 aromatic heterocycles. The zero-order chi connectivity index (χ0) is 22.9. The van der Waals surface area contributed by atoms with Crippen molar-refractivity contribution in [1.29, 1.82) is 0 Å². The highest BCUT2D eigenvalue weighted by atomic mass is 35.5. The van der Waals surface area contributed by atoms with Gasteiger partial charge < -0.3 is 18.9 Å². The van der Waals surface area contributed by atoms with Crippen LogP contribution in [0.4, 0.5) is 5.69 Å². The summed E-state index contributed by atoms with van der Waals surface area (Å²) in [6.45, 7) is 1.11. The number of fused-ring (bicyclic) bond motifs is 1. The highest BCUT2D eigenvalue weighted by Gasteiger charge is 2.36.